The summed E-state index contributed by atoms with van der Waals surface area (Å²) in [6.07, 6.45) is 4.82. The molecule has 1 spiro atoms. The first-order valence-corrected chi connectivity index (χ1v) is 13.1. The number of hydrogen-bond donors (Lipinski definition) is 1. The van der Waals surface area contributed by atoms with Crippen molar-refractivity contribution in [2.75, 3.05) is 6.61 Å². The molecule has 1 unspecified atom stereocenters. The van der Waals surface area contributed by atoms with E-state index < -0.39 is 21.6 Å². The summed E-state index contributed by atoms with van der Waals surface area (Å²) in [6, 6.07) is 6.19. The Hall–Kier alpha value is -0.560. The zero-order chi connectivity index (χ0) is 22.3. The number of hydrogen-bond acceptors (Lipinski definition) is 4. The van der Waals surface area contributed by atoms with E-state index in [9.17, 15) is 9.35 Å². The summed E-state index contributed by atoms with van der Waals surface area (Å²) in [5.74, 6) is 0.878. The molecule has 0 heterocycles. The van der Waals surface area contributed by atoms with Crippen molar-refractivity contribution in [3.05, 3.63) is 33.8 Å². The second-order valence-corrected chi connectivity index (χ2v) is 13.0. The highest BCUT2D eigenvalue weighted by Gasteiger charge is 2.67. The van der Waals surface area contributed by atoms with Crippen LogP contribution in [0.1, 0.15) is 78.4 Å². The molecule has 0 saturated heterocycles. The van der Waals surface area contributed by atoms with Crippen LogP contribution in [0.25, 0.3) is 0 Å². The molecule has 0 aliphatic heterocycles. The van der Waals surface area contributed by atoms with E-state index in [1.54, 1.807) is 0 Å². The standard InChI is InChI=1S/C24H36BrNO3S/c1-7-17-14-23(12-11-16(17)3)15-18-9-10-19(25)13-20(18)24(23,21(27)29-8-2)26-30(28)22(4,5)6/h9-10,13,16-17,26H,7-8,11-12,14-15H2,1-6H3/t16-,17-,23-,24-,30?/m1/s1. The predicted molar refractivity (Wildman–Crippen MR) is 126 cm³/mol. The molecule has 1 saturated carbocycles. The van der Waals surface area contributed by atoms with Gasteiger partial charge in [0, 0.05) is 21.2 Å². The van der Waals surface area contributed by atoms with E-state index in [1.165, 1.54) is 0 Å². The van der Waals surface area contributed by atoms with E-state index in [-0.39, 0.29) is 11.4 Å². The zero-order valence-electron chi connectivity index (χ0n) is 19.1. The van der Waals surface area contributed by atoms with E-state index in [1.807, 2.05) is 39.8 Å². The monoisotopic (exact) mass is 497 g/mol. The fourth-order valence-electron chi connectivity index (χ4n) is 5.49. The van der Waals surface area contributed by atoms with Gasteiger partial charge >= 0.3 is 5.97 Å². The number of nitrogens with one attached hydrogen (secondary N) is 1. The van der Waals surface area contributed by atoms with Crippen molar-refractivity contribution in [2.45, 2.75) is 83.9 Å². The van der Waals surface area contributed by atoms with Crippen molar-refractivity contribution < 1.29 is 14.1 Å². The third kappa shape index (κ3) is 3.98. The van der Waals surface area contributed by atoms with Gasteiger partial charge in [-0.2, -0.15) is 0 Å². The van der Waals surface area contributed by atoms with Crippen molar-refractivity contribution in [1.82, 2.24) is 4.72 Å². The molecular weight excluding hydrogens is 462 g/mol. The molecule has 5 atom stereocenters. The molecule has 1 aromatic rings. The van der Waals surface area contributed by atoms with Crippen LogP contribution < -0.4 is 4.72 Å². The van der Waals surface area contributed by atoms with Crippen LogP contribution in [0.15, 0.2) is 22.7 Å². The maximum absolute atomic E-state index is 13.8. The Kier molecular flexibility index (Phi) is 7.03. The van der Waals surface area contributed by atoms with E-state index in [2.05, 4.69) is 40.6 Å². The van der Waals surface area contributed by atoms with Crippen molar-refractivity contribution in [2.24, 2.45) is 17.3 Å². The van der Waals surface area contributed by atoms with Crippen LogP contribution in [0.2, 0.25) is 0 Å². The number of esters is 1. The predicted octanol–water partition coefficient (Wildman–Crippen LogP) is 5.65. The Morgan fingerprint density at radius 2 is 2.07 bits per heavy atom. The van der Waals surface area contributed by atoms with Crippen LogP contribution in [-0.4, -0.2) is 21.9 Å². The van der Waals surface area contributed by atoms with Crippen LogP contribution >= 0.6 is 15.9 Å². The molecule has 1 fully saturated rings. The maximum Gasteiger partial charge on any atom is 0.336 e. The molecule has 30 heavy (non-hydrogen) atoms. The number of ether oxygens (including phenoxy) is 1. The first kappa shape index (κ1) is 24.1. The van der Waals surface area contributed by atoms with Crippen LogP contribution in [0, 0.1) is 17.3 Å². The van der Waals surface area contributed by atoms with Crippen molar-refractivity contribution >= 4 is 33.3 Å². The smallest absolute Gasteiger partial charge is 0.336 e. The van der Waals surface area contributed by atoms with Crippen LogP contribution in [0.3, 0.4) is 0 Å². The lowest BCUT2D eigenvalue weighted by molar-refractivity contribution is -0.159. The minimum Gasteiger partial charge on any atom is -0.598 e. The minimum absolute atomic E-state index is 0.288. The Balaban J connectivity index is 2.23. The lowest BCUT2D eigenvalue weighted by Crippen LogP contribution is -2.64. The normalized spacial score (nSPS) is 32.1. The largest absolute Gasteiger partial charge is 0.598 e. The molecule has 2 aliphatic carbocycles. The van der Waals surface area contributed by atoms with Gasteiger partial charge in [-0.15, -0.1) is 4.72 Å². The Morgan fingerprint density at radius 1 is 1.37 bits per heavy atom. The van der Waals surface area contributed by atoms with Crippen LogP contribution in [-0.2, 0) is 32.9 Å². The van der Waals surface area contributed by atoms with Gasteiger partial charge < -0.3 is 9.29 Å². The van der Waals surface area contributed by atoms with Crippen molar-refractivity contribution in [1.29, 1.82) is 0 Å². The summed E-state index contributed by atoms with van der Waals surface area (Å²) >= 11 is 2.18. The molecule has 0 bridgehead atoms. The maximum atomic E-state index is 13.8. The highest BCUT2D eigenvalue weighted by atomic mass is 79.9. The first-order chi connectivity index (χ1) is 14.0. The van der Waals surface area contributed by atoms with Gasteiger partial charge in [0.25, 0.3) is 0 Å². The van der Waals surface area contributed by atoms with E-state index >= 15 is 0 Å². The lowest BCUT2D eigenvalue weighted by Gasteiger charge is -2.50. The average Bonchev–Trinajstić information content (AvgIpc) is 2.93. The second kappa shape index (κ2) is 8.76. The van der Waals surface area contributed by atoms with E-state index in [4.69, 9.17) is 4.74 Å². The Morgan fingerprint density at radius 3 is 2.67 bits per heavy atom. The number of carbonyl (C=O) groups is 1. The van der Waals surface area contributed by atoms with E-state index in [0.717, 1.165) is 47.7 Å². The highest BCUT2D eigenvalue weighted by Crippen LogP contribution is 2.61. The highest BCUT2D eigenvalue weighted by molar-refractivity contribution is 9.10. The van der Waals surface area contributed by atoms with Gasteiger partial charge in [0.15, 0.2) is 5.54 Å². The Labute approximate surface area is 193 Å². The molecule has 1 aromatic carbocycles. The fourth-order valence-corrected chi connectivity index (χ4v) is 6.85. The van der Waals surface area contributed by atoms with Gasteiger partial charge in [-0.25, -0.2) is 4.79 Å². The summed E-state index contributed by atoms with van der Waals surface area (Å²) in [6.45, 7) is 12.5. The number of benzene rings is 1. The van der Waals surface area contributed by atoms with E-state index in [0.29, 0.717) is 18.4 Å². The summed E-state index contributed by atoms with van der Waals surface area (Å²) in [7, 11) is 0. The molecule has 2 aliphatic rings. The fraction of sp³-hybridized carbons (Fsp3) is 0.708. The molecule has 6 heteroatoms. The van der Waals surface area contributed by atoms with Crippen LogP contribution in [0.5, 0.6) is 0 Å². The van der Waals surface area contributed by atoms with Gasteiger partial charge in [-0.1, -0.05) is 42.3 Å². The number of halogens is 1. The van der Waals surface area contributed by atoms with Crippen molar-refractivity contribution in [3.8, 4) is 0 Å². The summed E-state index contributed by atoms with van der Waals surface area (Å²) in [4.78, 5) is 13.8. The molecule has 3 rings (SSSR count). The zero-order valence-corrected chi connectivity index (χ0v) is 21.5. The second-order valence-electron chi connectivity index (χ2n) is 10.1. The lowest BCUT2D eigenvalue weighted by atomic mass is 9.57. The first-order valence-electron chi connectivity index (χ1n) is 11.2. The molecule has 0 aromatic heterocycles. The molecule has 4 nitrogen and oxygen atoms in total. The Bertz CT molecular complexity index is 795. The summed E-state index contributed by atoms with van der Waals surface area (Å²) < 4.78 is 23.0. The number of fused-ring (bicyclic) bond motifs is 1. The van der Waals surface area contributed by atoms with Gasteiger partial charge in [0.1, 0.15) is 4.75 Å². The van der Waals surface area contributed by atoms with Gasteiger partial charge in [-0.05, 0) is 88.5 Å². The molecular formula is C24H36BrNO3S. The quantitative estimate of drug-likeness (QED) is 0.421. The average molecular weight is 499 g/mol. The third-order valence-corrected chi connectivity index (χ3v) is 9.34. The topological polar surface area (TPSA) is 61.4 Å². The van der Waals surface area contributed by atoms with Crippen molar-refractivity contribution in [3.63, 3.8) is 0 Å². The SMILES string of the molecule is CCOC(=O)[C@]1(N[S+]([O-])C(C)(C)C)c2cc(Br)ccc2C[C@]12CC[C@@H](C)[C@H](CC)C2. The van der Waals surface area contributed by atoms with Crippen LogP contribution in [0.4, 0.5) is 0 Å². The van der Waals surface area contributed by atoms with Gasteiger partial charge in [0.05, 0.1) is 6.61 Å². The van der Waals surface area contributed by atoms with Gasteiger partial charge in [-0.3, -0.25) is 0 Å². The number of carbonyl (C=O) groups excluding carboxylic acids is 1. The third-order valence-electron chi connectivity index (χ3n) is 7.24. The molecule has 0 radical (unpaired) electrons. The van der Waals surface area contributed by atoms with Gasteiger partial charge in [0.2, 0.25) is 0 Å². The summed E-state index contributed by atoms with van der Waals surface area (Å²) in [5, 5.41) is 0. The summed E-state index contributed by atoms with van der Waals surface area (Å²) in [5.41, 5.74) is 0.649. The minimum atomic E-state index is -1.42. The molecule has 1 N–H and O–H groups in total. The molecule has 0 amide bonds. The molecule has 168 valence electrons. The number of rotatable bonds is 5.